The van der Waals surface area contributed by atoms with E-state index in [-0.39, 0.29) is 24.6 Å². The van der Waals surface area contributed by atoms with Crippen molar-refractivity contribution in [3.05, 3.63) is 28.4 Å². The normalized spacial score (nSPS) is 9.35. The first kappa shape index (κ1) is 12.4. The Bertz CT molecular complexity index is 481. The SMILES string of the molecule is C#CCN(CC(=O)O)c1cc([N+](=O)[O-])ccn1. The van der Waals surface area contributed by atoms with Gasteiger partial charge in [-0.25, -0.2) is 4.98 Å². The maximum Gasteiger partial charge on any atom is 0.323 e. The van der Waals surface area contributed by atoms with Crippen LogP contribution in [-0.2, 0) is 4.79 Å². The summed E-state index contributed by atoms with van der Waals surface area (Å²) in [5.41, 5.74) is -0.164. The lowest BCUT2D eigenvalue weighted by Crippen LogP contribution is -2.30. The molecule has 1 aromatic rings. The van der Waals surface area contributed by atoms with Gasteiger partial charge < -0.3 is 10.0 Å². The third-order valence-corrected chi connectivity index (χ3v) is 1.87. The molecule has 0 aliphatic carbocycles. The molecule has 7 nitrogen and oxygen atoms in total. The number of aliphatic carboxylic acids is 1. The Balaban J connectivity index is 3.01. The van der Waals surface area contributed by atoms with E-state index in [1.54, 1.807) is 0 Å². The number of nitrogens with zero attached hydrogens (tertiary/aromatic N) is 3. The average Bonchev–Trinajstić information content (AvgIpc) is 2.28. The zero-order valence-electron chi connectivity index (χ0n) is 8.74. The van der Waals surface area contributed by atoms with Gasteiger partial charge in [-0.05, 0) is 0 Å². The van der Waals surface area contributed by atoms with Gasteiger partial charge in [0.1, 0.15) is 12.4 Å². The number of hydrogen-bond donors (Lipinski definition) is 1. The molecule has 1 rings (SSSR count). The average molecular weight is 235 g/mol. The highest BCUT2D eigenvalue weighted by Gasteiger charge is 2.14. The summed E-state index contributed by atoms with van der Waals surface area (Å²) in [6, 6.07) is 2.40. The second-order valence-electron chi connectivity index (χ2n) is 3.08. The van der Waals surface area contributed by atoms with E-state index in [4.69, 9.17) is 11.5 Å². The Morgan fingerprint density at radius 2 is 2.41 bits per heavy atom. The molecule has 0 amide bonds. The number of carboxylic acid groups (broad SMARTS) is 1. The molecule has 0 aromatic carbocycles. The number of carbonyl (C=O) groups is 1. The van der Waals surface area contributed by atoms with E-state index in [0.717, 1.165) is 0 Å². The van der Waals surface area contributed by atoms with Crippen molar-refractivity contribution in [3.63, 3.8) is 0 Å². The zero-order valence-corrected chi connectivity index (χ0v) is 8.74. The number of aromatic nitrogens is 1. The van der Waals surface area contributed by atoms with Crippen LogP contribution < -0.4 is 4.90 Å². The van der Waals surface area contributed by atoms with Gasteiger partial charge in [0.15, 0.2) is 0 Å². The van der Waals surface area contributed by atoms with Gasteiger partial charge in [0.2, 0.25) is 0 Å². The molecule has 0 fully saturated rings. The summed E-state index contributed by atoms with van der Waals surface area (Å²) in [6.45, 7) is -0.348. The Morgan fingerprint density at radius 3 is 2.94 bits per heavy atom. The Hall–Kier alpha value is -2.62. The Labute approximate surface area is 96.8 Å². The molecule has 7 heteroatoms. The lowest BCUT2D eigenvalue weighted by atomic mass is 10.3. The first-order chi connectivity index (χ1) is 8.04. The standard InChI is InChI=1S/C10H9N3O4/c1-2-5-12(7-10(14)15)9-6-8(13(16)17)3-4-11-9/h1,3-4,6H,5,7H2,(H,14,15). The summed E-state index contributed by atoms with van der Waals surface area (Å²) in [4.78, 5) is 25.7. The van der Waals surface area contributed by atoms with Crippen molar-refractivity contribution in [2.45, 2.75) is 0 Å². The van der Waals surface area contributed by atoms with Crippen LogP contribution in [0.25, 0.3) is 0 Å². The minimum absolute atomic E-state index is 0.0144. The van der Waals surface area contributed by atoms with Crippen molar-refractivity contribution in [2.75, 3.05) is 18.0 Å². The fourth-order valence-electron chi connectivity index (χ4n) is 1.19. The van der Waals surface area contributed by atoms with Crippen LogP contribution in [0, 0.1) is 22.5 Å². The quantitative estimate of drug-likeness (QED) is 0.454. The van der Waals surface area contributed by atoms with Crippen molar-refractivity contribution in [1.29, 1.82) is 0 Å². The van der Waals surface area contributed by atoms with Crippen LogP contribution in [0.3, 0.4) is 0 Å². The second-order valence-corrected chi connectivity index (χ2v) is 3.08. The molecular formula is C10H9N3O4. The van der Waals surface area contributed by atoms with Crippen LogP contribution in [0.1, 0.15) is 0 Å². The molecule has 88 valence electrons. The fraction of sp³-hybridized carbons (Fsp3) is 0.200. The van der Waals surface area contributed by atoms with E-state index in [0.29, 0.717) is 0 Å². The predicted molar refractivity (Wildman–Crippen MR) is 59.6 cm³/mol. The van der Waals surface area contributed by atoms with Crippen LogP contribution in [0.2, 0.25) is 0 Å². The maximum absolute atomic E-state index is 10.6. The summed E-state index contributed by atoms with van der Waals surface area (Å²) in [6.07, 6.45) is 6.33. The number of hydrogen-bond acceptors (Lipinski definition) is 5. The van der Waals surface area contributed by atoms with Gasteiger partial charge in [-0.15, -0.1) is 6.42 Å². The van der Waals surface area contributed by atoms with E-state index in [1.807, 2.05) is 0 Å². The van der Waals surface area contributed by atoms with E-state index in [9.17, 15) is 14.9 Å². The van der Waals surface area contributed by atoms with Crippen LogP contribution >= 0.6 is 0 Å². The van der Waals surface area contributed by atoms with Crippen LogP contribution in [0.15, 0.2) is 18.3 Å². The summed E-state index contributed by atoms with van der Waals surface area (Å²) in [5.74, 6) is 1.35. The van der Waals surface area contributed by atoms with Crippen molar-refractivity contribution >= 4 is 17.5 Å². The third kappa shape index (κ3) is 3.46. The smallest absolute Gasteiger partial charge is 0.323 e. The summed E-state index contributed by atoms with van der Waals surface area (Å²) >= 11 is 0. The molecule has 1 heterocycles. The van der Waals surface area contributed by atoms with Crippen LogP contribution in [-0.4, -0.2) is 34.1 Å². The molecule has 0 saturated heterocycles. The summed E-state index contributed by atoms with van der Waals surface area (Å²) < 4.78 is 0. The lowest BCUT2D eigenvalue weighted by Gasteiger charge is -2.18. The second kappa shape index (κ2) is 5.46. The molecule has 0 saturated carbocycles. The molecule has 1 N–H and O–H groups in total. The molecule has 17 heavy (non-hydrogen) atoms. The predicted octanol–water partition coefficient (Wildman–Crippen LogP) is 0.514. The third-order valence-electron chi connectivity index (χ3n) is 1.87. The van der Waals surface area contributed by atoms with E-state index >= 15 is 0 Å². The largest absolute Gasteiger partial charge is 0.480 e. The summed E-state index contributed by atoms with van der Waals surface area (Å²) in [7, 11) is 0. The number of terminal acetylenes is 1. The molecule has 0 bridgehead atoms. The molecular weight excluding hydrogens is 226 g/mol. The molecule has 0 atom stereocenters. The van der Waals surface area contributed by atoms with Gasteiger partial charge in [-0.1, -0.05) is 5.92 Å². The molecule has 0 aliphatic rings. The summed E-state index contributed by atoms with van der Waals surface area (Å²) in [5, 5.41) is 19.2. The van der Waals surface area contributed by atoms with E-state index in [2.05, 4.69) is 10.9 Å². The minimum Gasteiger partial charge on any atom is -0.480 e. The number of pyridine rings is 1. The maximum atomic E-state index is 10.6. The zero-order chi connectivity index (χ0) is 12.8. The molecule has 0 aliphatic heterocycles. The van der Waals surface area contributed by atoms with Gasteiger partial charge in [0.25, 0.3) is 5.69 Å². The number of rotatable bonds is 5. The molecule has 0 radical (unpaired) electrons. The van der Waals surface area contributed by atoms with E-state index < -0.39 is 10.9 Å². The highest BCUT2D eigenvalue weighted by Crippen LogP contribution is 2.17. The van der Waals surface area contributed by atoms with Crippen LogP contribution in [0.5, 0.6) is 0 Å². The monoisotopic (exact) mass is 235 g/mol. The van der Waals surface area contributed by atoms with Gasteiger partial charge in [-0.3, -0.25) is 14.9 Å². The highest BCUT2D eigenvalue weighted by atomic mass is 16.6. The number of carboxylic acids is 1. The van der Waals surface area contributed by atoms with Crippen molar-refractivity contribution in [2.24, 2.45) is 0 Å². The Kier molecular flexibility index (Phi) is 4.00. The molecule has 1 aromatic heterocycles. The van der Waals surface area contributed by atoms with E-state index in [1.165, 1.54) is 23.2 Å². The van der Waals surface area contributed by atoms with Gasteiger partial charge in [0, 0.05) is 12.3 Å². The Morgan fingerprint density at radius 1 is 1.71 bits per heavy atom. The first-order valence-electron chi connectivity index (χ1n) is 4.55. The first-order valence-corrected chi connectivity index (χ1v) is 4.55. The van der Waals surface area contributed by atoms with Crippen LogP contribution in [0.4, 0.5) is 11.5 Å². The fourth-order valence-corrected chi connectivity index (χ4v) is 1.19. The highest BCUT2D eigenvalue weighted by molar-refractivity contribution is 5.73. The van der Waals surface area contributed by atoms with Crippen molar-refractivity contribution in [3.8, 4) is 12.3 Å². The van der Waals surface area contributed by atoms with Gasteiger partial charge >= 0.3 is 5.97 Å². The van der Waals surface area contributed by atoms with Gasteiger partial charge in [-0.2, -0.15) is 0 Å². The topological polar surface area (TPSA) is 96.6 Å². The molecule has 0 spiro atoms. The van der Waals surface area contributed by atoms with Gasteiger partial charge in [0.05, 0.1) is 17.5 Å². The van der Waals surface area contributed by atoms with Crippen molar-refractivity contribution < 1.29 is 14.8 Å². The molecule has 0 unspecified atom stereocenters. The number of nitro groups is 1. The lowest BCUT2D eigenvalue weighted by molar-refractivity contribution is -0.384. The van der Waals surface area contributed by atoms with Crippen molar-refractivity contribution in [1.82, 2.24) is 4.98 Å². The minimum atomic E-state index is -1.09. The number of anilines is 1.